The molecule has 94 valence electrons. The van der Waals surface area contributed by atoms with Crippen LogP contribution in [0.4, 0.5) is 0 Å². The van der Waals surface area contributed by atoms with Crippen LogP contribution in [0.25, 0.3) is 0 Å². The Morgan fingerprint density at radius 3 is 2.18 bits per heavy atom. The van der Waals surface area contributed by atoms with E-state index in [1.165, 1.54) is 36.9 Å². The van der Waals surface area contributed by atoms with Crippen molar-refractivity contribution >= 4 is 0 Å². The molecule has 1 aliphatic carbocycles. The Morgan fingerprint density at radius 1 is 1.06 bits per heavy atom. The summed E-state index contributed by atoms with van der Waals surface area (Å²) in [6.45, 7) is 9.03. The first-order chi connectivity index (χ1) is 7.97. The molecule has 0 N–H and O–H groups in total. The van der Waals surface area contributed by atoms with Gasteiger partial charge in [-0.1, -0.05) is 46.6 Å². The van der Waals surface area contributed by atoms with Crippen LogP contribution < -0.4 is 0 Å². The van der Waals surface area contributed by atoms with E-state index >= 15 is 0 Å². The summed E-state index contributed by atoms with van der Waals surface area (Å²) in [5, 5.41) is 0. The highest BCUT2D eigenvalue weighted by Crippen LogP contribution is 2.35. The molecule has 1 nitrogen and oxygen atoms in total. The molecule has 1 heteroatoms. The predicted octanol–water partition coefficient (Wildman–Crippen LogP) is 4.67. The van der Waals surface area contributed by atoms with Gasteiger partial charge < -0.3 is 0 Å². The molecular weight excluding hydrogens is 206 g/mol. The van der Waals surface area contributed by atoms with Gasteiger partial charge in [-0.25, -0.2) is 0 Å². The first kappa shape index (κ1) is 12.6. The van der Waals surface area contributed by atoms with Gasteiger partial charge >= 0.3 is 0 Å². The van der Waals surface area contributed by atoms with Crippen molar-refractivity contribution in [2.75, 3.05) is 0 Å². The maximum atomic E-state index is 4.64. The van der Waals surface area contributed by atoms with Gasteiger partial charge in [0.25, 0.3) is 0 Å². The molecule has 0 bridgehead atoms. The van der Waals surface area contributed by atoms with Crippen LogP contribution in [-0.2, 0) is 5.41 Å². The normalized spacial score (nSPS) is 25.9. The third-order valence-electron chi connectivity index (χ3n) is 4.04. The zero-order chi connectivity index (χ0) is 12.5. The standard InChI is InChI=1S/C16H25N/c1-12-5-7-13(8-6-12)14-9-10-15(17-11-14)16(2,3)4/h9-13H,5-8H2,1-4H3/t12-,13-. The largest absolute Gasteiger partial charge is 0.260 e. The Morgan fingerprint density at radius 2 is 1.71 bits per heavy atom. The van der Waals surface area contributed by atoms with Crippen molar-refractivity contribution in [1.82, 2.24) is 4.98 Å². The Kier molecular flexibility index (Phi) is 3.56. The van der Waals surface area contributed by atoms with Gasteiger partial charge in [-0.05, 0) is 36.3 Å². The molecule has 0 amide bonds. The summed E-state index contributed by atoms with van der Waals surface area (Å²) in [5.41, 5.74) is 2.81. The number of aromatic nitrogens is 1. The van der Waals surface area contributed by atoms with Gasteiger partial charge in [0.15, 0.2) is 0 Å². The third-order valence-corrected chi connectivity index (χ3v) is 4.04. The third kappa shape index (κ3) is 3.08. The SMILES string of the molecule is CC(C)(C)c1ccc([C@H]2CC[C@H](C)CC2)cn1. The van der Waals surface area contributed by atoms with Crippen molar-refractivity contribution in [2.24, 2.45) is 5.92 Å². The summed E-state index contributed by atoms with van der Waals surface area (Å²) in [4.78, 5) is 4.64. The zero-order valence-electron chi connectivity index (χ0n) is 11.7. The van der Waals surface area contributed by atoms with E-state index in [2.05, 4.69) is 51.0 Å². The predicted molar refractivity (Wildman–Crippen MR) is 73.3 cm³/mol. The van der Waals surface area contributed by atoms with Crippen LogP contribution >= 0.6 is 0 Å². The molecule has 0 saturated heterocycles. The topological polar surface area (TPSA) is 12.9 Å². The van der Waals surface area contributed by atoms with E-state index in [-0.39, 0.29) is 5.41 Å². The molecule has 1 heterocycles. The fourth-order valence-electron chi connectivity index (χ4n) is 2.68. The molecule has 17 heavy (non-hydrogen) atoms. The van der Waals surface area contributed by atoms with Gasteiger partial charge in [0.1, 0.15) is 0 Å². The Balaban J connectivity index is 2.08. The maximum Gasteiger partial charge on any atom is 0.0457 e. The Hall–Kier alpha value is -0.850. The molecule has 0 aliphatic heterocycles. The van der Waals surface area contributed by atoms with Crippen molar-refractivity contribution < 1.29 is 0 Å². The minimum absolute atomic E-state index is 0.166. The van der Waals surface area contributed by atoms with Crippen LogP contribution in [-0.4, -0.2) is 4.98 Å². The molecule has 1 aromatic rings. The first-order valence-electron chi connectivity index (χ1n) is 6.93. The monoisotopic (exact) mass is 231 g/mol. The summed E-state index contributed by atoms with van der Waals surface area (Å²) in [7, 11) is 0. The van der Waals surface area contributed by atoms with E-state index in [9.17, 15) is 0 Å². The van der Waals surface area contributed by atoms with E-state index in [4.69, 9.17) is 0 Å². The van der Waals surface area contributed by atoms with Crippen LogP contribution in [0.15, 0.2) is 18.3 Å². The van der Waals surface area contributed by atoms with Crippen molar-refractivity contribution in [3.63, 3.8) is 0 Å². The molecule has 1 aliphatic rings. The summed E-state index contributed by atoms with van der Waals surface area (Å²) >= 11 is 0. The molecule has 1 saturated carbocycles. The van der Waals surface area contributed by atoms with E-state index in [1.807, 2.05) is 0 Å². The minimum atomic E-state index is 0.166. The van der Waals surface area contributed by atoms with Gasteiger partial charge in [0, 0.05) is 17.3 Å². The highest BCUT2D eigenvalue weighted by atomic mass is 14.7. The average Bonchev–Trinajstić information content (AvgIpc) is 2.29. The average molecular weight is 231 g/mol. The van der Waals surface area contributed by atoms with E-state index in [0.717, 1.165) is 11.8 Å². The highest BCUT2D eigenvalue weighted by Gasteiger charge is 2.21. The van der Waals surface area contributed by atoms with Crippen molar-refractivity contribution in [3.05, 3.63) is 29.6 Å². The van der Waals surface area contributed by atoms with Gasteiger partial charge in [0.2, 0.25) is 0 Å². The van der Waals surface area contributed by atoms with Gasteiger partial charge in [-0.3, -0.25) is 4.98 Å². The fraction of sp³-hybridized carbons (Fsp3) is 0.688. The number of hydrogen-bond acceptors (Lipinski definition) is 1. The molecule has 0 unspecified atom stereocenters. The molecule has 2 rings (SSSR count). The highest BCUT2D eigenvalue weighted by molar-refractivity contribution is 5.22. The number of rotatable bonds is 1. The molecule has 1 fully saturated rings. The first-order valence-corrected chi connectivity index (χ1v) is 6.93. The van der Waals surface area contributed by atoms with Crippen molar-refractivity contribution in [2.45, 2.75) is 64.7 Å². The number of hydrogen-bond donors (Lipinski definition) is 0. The minimum Gasteiger partial charge on any atom is -0.260 e. The van der Waals surface area contributed by atoms with Gasteiger partial charge in [-0.2, -0.15) is 0 Å². The quantitative estimate of drug-likeness (QED) is 0.684. The number of pyridine rings is 1. The maximum absolute atomic E-state index is 4.64. The van der Waals surface area contributed by atoms with Crippen LogP contribution in [0.5, 0.6) is 0 Å². The molecule has 1 aromatic heterocycles. The smallest absolute Gasteiger partial charge is 0.0457 e. The van der Waals surface area contributed by atoms with Crippen LogP contribution in [0.3, 0.4) is 0 Å². The Labute approximate surface area is 106 Å². The fourth-order valence-corrected chi connectivity index (χ4v) is 2.68. The second-order valence-corrected chi connectivity index (χ2v) is 6.68. The molecule has 0 spiro atoms. The lowest BCUT2D eigenvalue weighted by Gasteiger charge is -2.26. The molecular formula is C16H25N. The zero-order valence-corrected chi connectivity index (χ0v) is 11.7. The van der Waals surface area contributed by atoms with Crippen LogP contribution in [0, 0.1) is 5.92 Å². The van der Waals surface area contributed by atoms with Gasteiger partial charge in [0.05, 0.1) is 0 Å². The molecule has 0 radical (unpaired) electrons. The lowest BCUT2D eigenvalue weighted by Crippen LogP contribution is -2.15. The van der Waals surface area contributed by atoms with Gasteiger partial charge in [-0.15, -0.1) is 0 Å². The summed E-state index contributed by atoms with van der Waals surface area (Å²) in [5.74, 6) is 1.68. The van der Waals surface area contributed by atoms with E-state index < -0.39 is 0 Å². The second kappa shape index (κ2) is 4.80. The number of nitrogens with zero attached hydrogens (tertiary/aromatic N) is 1. The lowest BCUT2D eigenvalue weighted by atomic mass is 9.79. The van der Waals surface area contributed by atoms with Crippen LogP contribution in [0.2, 0.25) is 0 Å². The molecule has 0 atom stereocenters. The lowest BCUT2D eigenvalue weighted by molar-refractivity contribution is 0.347. The van der Waals surface area contributed by atoms with E-state index in [0.29, 0.717) is 0 Å². The second-order valence-electron chi connectivity index (χ2n) is 6.68. The van der Waals surface area contributed by atoms with E-state index in [1.54, 1.807) is 0 Å². The summed E-state index contributed by atoms with van der Waals surface area (Å²) in [6.07, 6.45) is 7.56. The van der Waals surface area contributed by atoms with Crippen molar-refractivity contribution in [1.29, 1.82) is 0 Å². The molecule has 0 aromatic carbocycles. The Bertz CT molecular complexity index is 350. The summed E-state index contributed by atoms with van der Waals surface area (Å²) in [6, 6.07) is 4.52. The van der Waals surface area contributed by atoms with Crippen LogP contribution in [0.1, 0.15) is 70.6 Å². The summed E-state index contributed by atoms with van der Waals surface area (Å²) < 4.78 is 0. The van der Waals surface area contributed by atoms with Crippen molar-refractivity contribution in [3.8, 4) is 0 Å².